The van der Waals surface area contributed by atoms with Crippen molar-refractivity contribution in [3.05, 3.63) is 54.1 Å². The highest BCUT2D eigenvalue weighted by Crippen LogP contribution is 2.29. The largest absolute Gasteiger partial charge is 0.436 e. The fourth-order valence-electron chi connectivity index (χ4n) is 3.33. The minimum absolute atomic E-state index is 0.0253. The molecule has 1 amide bonds. The first-order chi connectivity index (χ1) is 12.2. The third-order valence-corrected chi connectivity index (χ3v) is 4.80. The standard InChI is InChI=1S/C20H19N3O2/c1-3-15-12(2)19(24)23-22-18(15)14-9-10-16-17(11-14)25-20(21-16)13-7-5-4-6-8-13/h4-12,15H,3H2,1-2H3,(H,23,24)/t12-,15-/m1/s1. The average Bonchev–Trinajstić information content (AvgIpc) is 3.08. The van der Waals surface area contributed by atoms with Crippen LogP contribution in [0.2, 0.25) is 0 Å². The molecule has 0 aliphatic carbocycles. The van der Waals surface area contributed by atoms with E-state index in [4.69, 9.17) is 4.42 Å². The van der Waals surface area contributed by atoms with Crippen molar-refractivity contribution in [3.63, 3.8) is 0 Å². The zero-order valence-corrected chi connectivity index (χ0v) is 14.2. The van der Waals surface area contributed by atoms with Crippen LogP contribution in [-0.4, -0.2) is 16.6 Å². The Kier molecular flexibility index (Phi) is 3.84. The van der Waals surface area contributed by atoms with Crippen molar-refractivity contribution in [2.75, 3.05) is 0 Å². The molecule has 0 spiro atoms. The molecule has 1 aliphatic rings. The topological polar surface area (TPSA) is 67.5 Å². The molecule has 2 heterocycles. The van der Waals surface area contributed by atoms with Gasteiger partial charge in [-0.15, -0.1) is 0 Å². The molecule has 0 saturated carbocycles. The molecule has 3 aromatic rings. The maximum Gasteiger partial charge on any atom is 0.243 e. The summed E-state index contributed by atoms with van der Waals surface area (Å²) in [5.41, 5.74) is 6.96. The Labute approximate surface area is 145 Å². The normalized spacial score (nSPS) is 20.4. The predicted octanol–water partition coefficient (Wildman–Crippen LogP) is 3.99. The quantitative estimate of drug-likeness (QED) is 0.788. The van der Waals surface area contributed by atoms with Gasteiger partial charge in [-0.25, -0.2) is 10.4 Å². The van der Waals surface area contributed by atoms with Gasteiger partial charge in [0.2, 0.25) is 11.8 Å². The number of carbonyl (C=O) groups excluding carboxylic acids is 1. The van der Waals surface area contributed by atoms with E-state index in [1.807, 2.05) is 55.5 Å². The summed E-state index contributed by atoms with van der Waals surface area (Å²) < 4.78 is 5.95. The lowest BCUT2D eigenvalue weighted by atomic mass is 9.83. The van der Waals surface area contributed by atoms with Crippen LogP contribution in [0.25, 0.3) is 22.6 Å². The molecule has 0 bridgehead atoms. The van der Waals surface area contributed by atoms with Crippen LogP contribution in [0, 0.1) is 11.8 Å². The molecule has 126 valence electrons. The van der Waals surface area contributed by atoms with Gasteiger partial charge in [-0.1, -0.05) is 38.1 Å². The number of hydrogen-bond acceptors (Lipinski definition) is 4. The molecule has 5 heteroatoms. The summed E-state index contributed by atoms with van der Waals surface area (Å²) >= 11 is 0. The number of carbonyl (C=O) groups is 1. The maximum atomic E-state index is 11.9. The van der Waals surface area contributed by atoms with Gasteiger partial charge in [0, 0.05) is 23.0 Å². The van der Waals surface area contributed by atoms with Gasteiger partial charge in [0.25, 0.3) is 0 Å². The molecule has 1 aromatic heterocycles. The summed E-state index contributed by atoms with van der Waals surface area (Å²) in [6.07, 6.45) is 0.858. The van der Waals surface area contributed by atoms with E-state index in [2.05, 4.69) is 22.4 Å². The number of fused-ring (bicyclic) bond motifs is 1. The van der Waals surface area contributed by atoms with Crippen LogP contribution in [-0.2, 0) is 4.79 Å². The summed E-state index contributed by atoms with van der Waals surface area (Å²) in [4.78, 5) is 16.4. The third kappa shape index (κ3) is 2.71. The van der Waals surface area contributed by atoms with Gasteiger partial charge < -0.3 is 4.42 Å². The lowest BCUT2D eigenvalue weighted by molar-refractivity contribution is -0.125. The van der Waals surface area contributed by atoms with Crippen molar-refractivity contribution in [1.82, 2.24) is 10.4 Å². The van der Waals surface area contributed by atoms with Gasteiger partial charge in [0.15, 0.2) is 5.58 Å². The van der Waals surface area contributed by atoms with E-state index >= 15 is 0 Å². The minimum atomic E-state index is -0.0946. The second kappa shape index (κ2) is 6.16. The van der Waals surface area contributed by atoms with Crippen molar-refractivity contribution in [1.29, 1.82) is 0 Å². The lowest BCUT2D eigenvalue weighted by Gasteiger charge is -2.27. The molecule has 0 saturated heterocycles. The number of nitrogens with one attached hydrogen (secondary N) is 1. The zero-order chi connectivity index (χ0) is 17.4. The Bertz CT molecular complexity index is 959. The monoisotopic (exact) mass is 333 g/mol. The van der Waals surface area contributed by atoms with E-state index in [-0.39, 0.29) is 17.7 Å². The smallest absolute Gasteiger partial charge is 0.243 e. The second-order valence-corrected chi connectivity index (χ2v) is 6.34. The Morgan fingerprint density at radius 3 is 2.68 bits per heavy atom. The van der Waals surface area contributed by atoms with E-state index in [0.29, 0.717) is 5.89 Å². The lowest BCUT2D eigenvalue weighted by Crippen LogP contribution is -2.40. The predicted molar refractivity (Wildman–Crippen MR) is 97.1 cm³/mol. The summed E-state index contributed by atoms with van der Waals surface area (Å²) in [6.45, 7) is 4.02. The Morgan fingerprint density at radius 2 is 1.92 bits per heavy atom. The van der Waals surface area contributed by atoms with Crippen LogP contribution in [0.15, 0.2) is 58.0 Å². The van der Waals surface area contributed by atoms with Crippen LogP contribution in [0.1, 0.15) is 25.8 Å². The second-order valence-electron chi connectivity index (χ2n) is 6.34. The first kappa shape index (κ1) is 15.6. The highest BCUT2D eigenvalue weighted by atomic mass is 16.3. The molecular weight excluding hydrogens is 314 g/mol. The van der Waals surface area contributed by atoms with Gasteiger partial charge in [-0.3, -0.25) is 4.79 Å². The van der Waals surface area contributed by atoms with Crippen LogP contribution in [0.5, 0.6) is 0 Å². The Morgan fingerprint density at radius 1 is 1.12 bits per heavy atom. The van der Waals surface area contributed by atoms with Gasteiger partial charge >= 0.3 is 0 Å². The molecule has 0 unspecified atom stereocenters. The van der Waals surface area contributed by atoms with Crippen molar-refractivity contribution < 1.29 is 9.21 Å². The first-order valence-electron chi connectivity index (χ1n) is 8.51. The van der Waals surface area contributed by atoms with Crippen molar-refractivity contribution in [2.24, 2.45) is 16.9 Å². The van der Waals surface area contributed by atoms with Crippen LogP contribution >= 0.6 is 0 Å². The van der Waals surface area contributed by atoms with Crippen molar-refractivity contribution in [2.45, 2.75) is 20.3 Å². The Balaban J connectivity index is 1.75. The molecule has 4 rings (SSSR count). The molecule has 25 heavy (non-hydrogen) atoms. The molecule has 2 atom stereocenters. The highest BCUT2D eigenvalue weighted by Gasteiger charge is 2.31. The van der Waals surface area contributed by atoms with Gasteiger partial charge in [0.1, 0.15) is 5.52 Å². The van der Waals surface area contributed by atoms with Crippen molar-refractivity contribution in [3.8, 4) is 11.5 Å². The molecule has 0 radical (unpaired) electrons. The van der Waals surface area contributed by atoms with Crippen LogP contribution in [0.3, 0.4) is 0 Å². The first-order valence-corrected chi connectivity index (χ1v) is 8.51. The van der Waals surface area contributed by atoms with E-state index in [1.54, 1.807) is 0 Å². The number of rotatable bonds is 3. The summed E-state index contributed by atoms with van der Waals surface area (Å²) in [7, 11) is 0. The van der Waals surface area contributed by atoms with Crippen molar-refractivity contribution >= 4 is 22.7 Å². The summed E-state index contributed by atoms with van der Waals surface area (Å²) in [6, 6.07) is 15.7. The number of hydrazone groups is 1. The average molecular weight is 333 g/mol. The molecule has 0 fully saturated rings. The molecule has 5 nitrogen and oxygen atoms in total. The SMILES string of the molecule is CC[C@H]1C(c2ccc3nc(-c4ccccc4)oc3c2)=NNC(=O)[C@@H]1C. The number of aromatic nitrogens is 1. The minimum Gasteiger partial charge on any atom is -0.436 e. The number of amides is 1. The van der Waals surface area contributed by atoms with E-state index < -0.39 is 0 Å². The summed E-state index contributed by atoms with van der Waals surface area (Å²) in [5, 5.41) is 4.31. The number of benzene rings is 2. The fraction of sp³-hybridized carbons (Fsp3) is 0.250. The molecule has 1 aliphatic heterocycles. The Hall–Kier alpha value is -2.95. The highest BCUT2D eigenvalue weighted by molar-refractivity contribution is 6.07. The summed E-state index contributed by atoms with van der Waals surface area (Å²) in [5.74, 6) is 0.584. The number of hydrogen-bond donors (Lipinski definition) is 1. The van der Waals surface area contributed by atoms with E-state index in [0.717, 1.165) is 34.4 Å². The maximum absolute atomic E-state index is 11.9. The molecular formula is C20H19N3O2. The van der Waals surface area contributed by atoms with Gasteiger partial charge in [0.05, 0.1) is 5.71 Å². The molecule has 1 N–H and O–H groups in total. The number of nitrogens with zero attached hydrogens (tertiary/aromatic N) is 2. The van der Waals surface area contributed by atoms with Gasteiger partial charge in [-0.05, 0) is 30.7 Å². The zero-order valence-electron chi connectivity index (χ0n) is 14.2. The van der Waals surface area contributed by atoms with Crippen LogP contribution in [0.4, 0.5) is 0 Å². The van der Waals surface area contributed by atoms with Crippen LogP contribution < -0.4 is 5.43 Å². The molecule has 2 aromatic carbocycles. The van der Waals surface area contributed by atoms with Gasteiger partial charge in [-0.2, -0.15) is 5.10 Å². The van der Waals surface area contributed by atoms with E-state index in [9.17, 15) is 4.79 Å². The van der Waals surface area contributed by atoms with E-state index in [1.165, 1.54) is 0 Å². The third-order valence-electron chi connectivity index (χ3n) is 4.80. The number of oxazole rings is 1. The fourth-order valence-corrected chi connectivity index (χ4v) is 3.33.